The van der Waals surface area contributed by atoms with Crippen LogP contribution in [-0.4, -0.2) is 72.4 Å². The van der Waals surface area contributed by atoms with E-state index in [1.807, 2.05) is 43.8 Å². The second kappa shape index (κ2) is 17.6. The molecule has 2 rings (SSSR count). The van der Waals surface area contributed by atoms with E-state index in [0.29, 0.717) is 52.9 Å². The highest BCUT2D eigenvalue weighted by Crippen LogP contribution is 1.91. The van der Waals surface area contributed by atoms with Crippen LogP contribution in [0.3, 0.4) is 0 Å². The molecule has 0 N–H and O–H groups in total. The van der Waals surface area contributed by atoms with E-state index < -0.39 is 0 Å². The first-order chi connectivity index (χ1) is 15.8. The highest BCUT2D eigenvalue weighted by molar-refractivity contribution is 4.47. The topological polar surface area (TPSA) is 80.3 Å². The molecule has 0 aliphatic rings. The molecule has 0 unspecified atom stereocenters. The molecule has 0 radical (unpaired) electrons. The molecule has 32 heavy (non-hydrogen) atoms. The molecule has 0 atom stereocenters. The Morgan fingerprint density at radius 3 is 1.34 bits per heavy atom. The normalized spacial score (nSPS) is 11.4. The molecule has 182 valence electrons. The Morgan fingerprint density at radius 1 is 0.594 bits per heavy atom. The van der Waals surface area contributed by atoms with Crippen molar-refractivity contribution in [3.8, 4) is 0 Å². The standard InChI is InChI=1S/C22H42N6O4/c1-3-5-7-27-21-25(19-23-27)9-11-29-13-15-31-17-18-32-16-14-30-12-10-26-20-24-28(22-26)8-6-4-2/h19-22H,3-18H2,1-2H3/q+2. The van der Waals surface area contributed by atoms with Crippen molar-refractivity contribution in [2.24, 2.45) is 0 Å². The Balaban J connectivity index is 1.31. The van der Waals surface area contributed by atoms with E-state index in [-0.39, 0.29) is 0 Å². The Bertz CT molecular complexity index is 635. The predicted molar refractivity (Wildman–Crippen MR) is 118 cm³/mol. The molecule has 10 nitrogen and oxygen atoms in total. The zero-order chi connectivity index (χ0) is 22.7. The summed E-state index contributed by atoms with van der Waals surface area (Å²) < 4.78 is 30.3. The average molecular weight is 455 g/mol. The maximum absolute atomic E-state index is 5.61. The monoisotopic (exact) mass is 454 g/mol. The van der Waals surface area contributed by atoms with Crippen LogP contribution in [0, 0.1) is 0 Å². The van der Waals surface area contributed by atoms with Crippen LogP contribution in [0.1, 0.15) is 39.5 Å². The number of hydrogen-bond donors (Lipinski definition) is 0. The van der Waals surface area contributed by atoms with Crippen LogP contribution in [0.25, 0.3) is 0 Å². The van der Waals surface area contributed by atoms with E-state index in [1.54, 1.807) is 0 Å². The van der Waals surface area contributed by atoms with Gasteiger partial charge in [-0.3, -0.25) is 0 Å². The molecular weight excluding hydrogens is 412 g/mol. The third-order valence-electron chi connectivity index (χ3n) is 4.84. The lowest BCUT2D eigenvalue weighted by atomic mass is 10.3. The minimum Gasteiger partial charge on any atom is -0.377 e. The van der Waals surface area contributed by atoms with Crippen molar-refractivity contribution in [3.63, 3.8) is 0 Å². The summed E-state index contributed by atoms with van der Waals surface area (Å²) in [5.74, 6) is 0. The van der Waals surface area contributed by atoms with Gasteiger partial charge in [0, 0.05) is 10.2 Å². The van der Waals surface area contributed by atoms with Crippen molar-refractivity contribution >= 4 is 0 Å². The molecule has 0 saturated carbocycles. The Labute approximate surface area is 192 Å². The largest absolute Gasteiger partial charge is 0.377 e. The predicted octanol–water partition coefficient (Wildman–Crippen LogP) is 1.02. The number of unbranched alkanes of at least 4 members (excludes halogenated alkanes) is 2. The van der Waals surface area contributed by atoms with E-state index in [1.165, 1.54) is 12.8 Å². The lowest BCUT2D eigenvalue weighted by Crippen LogP contribution is -2.34. The van der Waals surface area contributed by atoms with Crippen molar-refractivity contribution in [1.29, 1.82) is 0 Å². The van der Waals surface area contributed by atoms with Crippen molar-refractivity contribution < 1.29 is 28.1 Å². The molecule has 0 bridgehead atoms. The van der Waals surface area contributed by atoms with Gasteiger partial charge in [-0.05, 0) is 12.8 Å². The van der Waals surface area contributed by atoms with Gasteiger partial charge in [-0.15, -0.1) is 9.36 Å². The minimum absolute atomic E-state index is 0.565. The molecule has 0 aliphatic heterocycles. The first-order valence-corrected chi connectivity index (χ1v) is 12.0. The van der Waals surface area contributed by atoms with Crippen molar-refractivity contribution in [1.82, 2.24) is 19.6 Å². The zero-order valence-corrected chi connectivity index (χ0v) is 19.9. The van der Waals surface area contributed by atoms with Crippen LogP contribution in [0.2, 0.25) is 0 Å². The molecule has 10 heteroatoms. The summed E-state index contributed by atoms with van der Waals surface area (Å²) >= 11 is 0. The van der Waals surface area contributed by atoms with Crippen LogP contribution in [0.4, 0.5) is 0 Å². The summed E-state index contributed by atoms with van der Waals surface area (Å²) in [6.45, 7) is 12.7. The molecule has 2 heterocycles. The van der Waals surface area contributed by atoms with Crippen LogP contribution in [-0.2, 0) is 45.1 Å². The Hall–Kier alpha value is -1.88. The summed E-state index contributed by atoms with van der Waals surface area (Å²) in [4.78, 5) is 0. The van der Waals surface area contributed by atoms with E-state index in [0.717, 1.165) is 39.0 Å². The van der Waals surface area contributed by atoms with Gasteiger partial charge in [-0.2, -0.15) is 0 Å². The van der Waals surface area contributed by atoms with Gasteiger partial charge in [0.25, 0.3) is 12.7 Å². The summed E-state index contributed by atoms with van der Waals surface area (Å²) in [6.07, 6.45) is 12.4. The maximum atomic E-state index is 5.61. The summed E-state index contributed by atoms with van der Waals surface area (Å²) in [6, 6.07) is 0. The van der Waals surface area contributed by atoms with Gasteiger partial charge in [0.15, 0.2) is 0 Å². The van der Waals surface area contributed by atoms with Crippen molar-refractivity contribution in [3.05, 3.63) is 25.3 Å². The van der Waals surface area contributed by atoms with E-state index >= 15 is 0 Å². The second-order valence-corrected chi connectivity index (χ2v) is 7.65. The van der Waals surface area contributed by atoms with Crippen molar-refractivity contribution in [2.45, 2.75) is 65.7 Å². The maximum Gasteiger partial charge on any atom is 0.265 e. The number of ether oxygens (including phenoxy) is 4. The van der Waals surface area contributed by atoms with Crippen LogP contribution < -0.4 is 9.13 Å². The zero-order valence-electron chi connectivity index (χ0n) is 19.9. The quantitative estimate of drug-likeness (QED) is 0.207. The van der Waals surface area contributed by atoms with Gasteiger partial charge in [0.1, 0.15) is 13.1 Å². The van der Waals surface area contributed by atoms with Gasteiger partial charge in [-0.25, -0.2) is 9.13 Å². The SMILES string of the molecule is CCCCn1c[n+](CCOCCOCCOCCOCC[n+]2cnn(CCCC)c2)cn1. The number of hydrogen-bond acceptors (Lipinski definition) is 6. The van der Waals surface area contributed by atoms with Crippen LogP contribution in [0.5, 0.6) is 0 Å². The highest BCUT2D eigenvalue weighted by atomic mass is 16.6. The van der Waals surface area contributed by atoms with E-state index in [9.17, 15) is 0 Å². The first-order valence-electron chi connectivity index (χ1n) is 12.0. The molecular formula is C22H42N6O4+2. The summed E-state index contributed by atoms with van der Waals surface area (Å²) in [5.41, 5.74) is 0. The minimum atomic E-state index is 0.565. The number of aromatic nitrogens is 6. The van der Waals surface area contributed by atoms with E-state index in [2.05, 4.69) is 24.0 Å². The molecule has 0 spiro atoms. The second-order valence-electron chi connectivity index (χ2n) is 7.65. The Kier molecular flexibility index (Phi) is 14.5. The smallest absolute Gasteiger partial charge is 0.265 e. The fraction of sp³-hybridized carbons (Fsp3) is 0.818. The fourth-order valence-electron chi connectivity index (χ4n) is 2.93. The van der Waals surface area contributed by atoms with Gasteiger partial charge in [0.05, 0.1) is 65.9 Å². The van der Waals surface area contributed by atoms with Gasteiger partial charge >= 0.3 is 0 Å². The summed E-state index contributed by atoms with van der Waals surface area (Å²) in [7, 11) is 0. The van der Waals surface area contributed by atoms with E-state index in [4.69, 9.17) is 18.9 Å². The third kappa shape index (κ3) is 12.2. The Morgan fingerprint density at radius 2 is 0.969 bits per heavy atom. The lowest BCUT2D eigenvalue weighted by molar-refractivity contribution is -0.699. The van der Waals surface area contributed by atoms with Crippen LogP contribution in [0.15, 0.2) is 25.3 Å². The molecule has 0 aliphatic carbocycles. The third-order valence-corrected chi connectivity index (χ3v) is 4.84. The van der Waals surface area contributed by atoms with Gasteiger partial charge in [0.2, 0.25) is 12.7 Å². The molecule has 0 fully saturated rings. The molecule has 0 saturated heterocycles. The molecule has 2 aromatic rings. The van der Waals surface area contributed by atoms with Crippen LogP contribution >= 0.6 is 0 Å². The molecule has 0 aromatic carbocycles. The van der Waals surface area contributed by atoms with Gasteiger partial charge < -0.3 is 18.9 Å². The number of aryl methyl sites for hydroxylation is 2. The molecule has 0 amide bonds. The number of rotatable bonds is 21. The lowest BCUT2D eigenvalue weighted by Gasteiger charge is -2.07. The number of nitrogens with zero attached hydrogens (tertiary/aromatic N) is 6. The molecule has 2 aromatic heterocycles. The fourth-order valence-corrected chi connectivity index (χ4v) is 2.93. The first kappa shape index (κ1) is 26.4. The summed E-state index contributed by atoms with van der Waals surface area (Å²) in [5, 5.41) is 8.66. The average Bonchev–Trinajstić information content (AvgIpc) is 3.45. The van der Waals surface area contributed by atoms with Crippen molar-refractivity contribution in [2.75, 3.05) is 52.9 Å². The highest BCUT2D eigenvalue weighted by Gasteiger charge is 2.05. The van der Waals surface area contributed by atoms with Gasteiger partial charge in [-0.1, -0.05) is 26.7 Å².